The molecule has 1 N–H and O–H groups in total. The molecule has 0 atom stereocenters. The number of nitrogens with one attached hydrogen (secondary N) is 1. The van der Waals surface area contributed by atoms with Crippen LogP contribution in [0.5, 0.6) is 0 Å². The molecule has 0 saturated carbocycles. The summed E-state index contributed by atoms with van der Waals surface area (Å²) in [6, 6.07) is 8.19. The number of carbonyl (C=O) groups excluding carboxylic acids is 1. The first-order valence-electron chi connectivity index (χ1n) is 7.53. The van der Waals surface area contributed by atoms with Gasteiger partial charge in [-0.3, -0.25) is 9.78 Å². The maximum atomic E-state index is 13.6. The van der Waals surface area contributed by atoms with E-state index in [1.54, 1.807) is 30.5 Å². The molecule has 0 spiro atoms. The second-order valence-electron chi connectivity index (χ2n) is 5.31. The van der Waals surface area contributed by atoms with E-state index in [1.165, 1.54) is 12.3 Å². The van der Waals surface area contributed by atoms with E-state index in [4.69, 9.17) is 4.74 Å². The lowest BCUT2D eigenvalue weighted by atomic mass is 10.2. The molecule has 1 amide bonds. The summed E-state index contributed by atoms with van der Waals surface area (Å²) in [7, 11) is 0. The maximum absolute atomic E-state index is 13.6. The Balaban J connectivity index is 1.66. The van der Waals surface area contributed by atoms with Crippen LogP contribution in [0.3, 0.4) is 0 Å². The number of morpholine rings is 1. The summed E-state index contributed by atoms with van der Waals surface area (Å²) in [6.07, 6.45) is 3.25. The Morgan fingerprint density at radius 2 is 2.04 bits per heavy atom. The van der Waals surface area contributed by atoms with Crippen LogP contribution in [0, 0.1) is 5.82 Å². The first-order valence-corrected chi connectivity index (χ1v) is 7.53. The number of amides is 1. The topological polar surface area (TPSA) is 54.5 Å². The number of pyridine rings is 1. The van der Waals surface area contributed by atoms with E-state index in [-0.39, 0.29) is 18.3 Å². The van der Waals surface area contributed by atoms with Gasteiger partial charge in [-0.2, -0.15) is 0 Å². The van der Waals surface area contributed by atoms with Gasteiger partial charge >= 0.3 is 0 Å². The quantitative estimate of drug-likeness (QED) is 0.937. The van der Waals surface area contributed by atoms with Crippen LogP contribution in [0.25, 0.3) is 0 Å². The van der Waals surface area contributed by atoms with Gasteiger partial charge in [0.25, 0.3) is 5.91 Å². The number of nitrogens with zero attached hydrogens (tertiary/aromatic N) is 2. The van der Waals surface area contributed by atoms with Gasteiger partial charge in [0, 0.05) is 31.4 Å². The third-order valence-corrected chi connectivity index (χ3v) is 3.76. The molecule has 1 aromatic carbocycles. The van der Waals surface area contributed by atoms with Crippen LogP contribution in [-0.4, -0.2) is 37.2 Å². The summed E-state index contributed by atoms with van der Waals surface area (Å²) in [5, 5.41) is 2.72. The Bertz CT molecular complexity index is 687. The van der Waals surface area contributed by atoms with Crippen molar-refractivity contribution in [3.63, 3.8) is 0 Å². The Labute approximate surface area is 134 Å². The van der Waals surface area contributed by atoms with E-state index in [2.05, 4.69) is 15.2 Å². The molecule has 1 aliphatic heterocycles. The Kier molecular flexibility index (Phi) is 4.83. The van der Waals surface area contributed by atoms with Crippen molar-refractivity contribution in [1.29, 1.82) is 0 Å². The molecular weight excluding hydrogens is 297 g/mol. The van der Waals surface area contributed by atoms with Gasteiger partial charge < -0.3 is 15.0 Å². The molecule has 2 heterocycles. The molecule has 2 aromatic rings. The average molecular weight is 315 g/mol. The number of halogens is 1. The van der Waals surface area contributed by atoms with Gasteiger partial charge in [0.05, 0.1) is 30.7 Å². The van der Waals surface area contributed by atoms with Crippen LogP contribution < -0.4 is 10.2 Å². The molecule has 6 heteroatoms. The molecule has 1 saturated heterocycles. The van der Waals surface area contributed by atoms with E-state index >= 15 is 0 Å². The molecular formula is C17H18FN3O2. The molecule has 23 heavy (non-hydrogen) atoms. The summed E-state index contributed by atoms with van der Waals surface area (Å²) < 4.78 is 18.9. The summed E-state index contributed by atoms with van der Waals surface area (Å²) in [4.78, 5) is 18.5. The van der Waals surface area contributed by atoms with Crippen LogP contribution in [0.1, 0.15) is 15.9 Å². The van der Waals surface area contributed by atoms with Crippen molar-refractivity contribution in [1.82, 2.24) is 10.3 Å². The minimum absolute atomic E-state index is 0.146. The van der Waals surface area contributed by atoms with Gasteiger partial charge in [-0.25, -0.2) is 4.39 Å². The fourth-order valence-electron chi connectivity index (χ4n) is 2.47. The highest BCUT2D eigenvalue weighted by atomic mass is 19.1. The fraction of sp³-hybridized carbons (Fsp3) is 0.294. The lowest BCUT2D eigenvalue weighted by molar-refractivity contribution is 0.0950. The van der Waals surface area contributed by atoms with Crippen LogP contribution in [0.2, 0.25) is 0 Å². The van der Waals surface area contributed by atoms with Crippen molar-refractivity contribution in [3.05, 3.63) is 59.7 Å². The maximum Gasteiger partial charge on any atom is 0.253 e. The van der Waals surface area contributed by atoms with Crippen LogP contribution in [0.15, 0.2) is 42.7 Å². The summed E-state index contributed by atoms with van der Waals surface area (Å²) in [5.41, 5.74) is 1.82. The van der Waals surface area contributed by atoms with Crippen molar-refractivity contribution < 1.29 is 13.9 Å². The van der Waals surface area contributed by atoms with E-state index < -0.39 is 0 Å². The Morgan fingerprint density at radius 3 is 2.83 bits per heavy atom. The normalized spacial score (nSPS) is 14.6. The van der Waals surface area contributed by atoms with Crippen LogP contribution in [-0.2, 0) is 11.3 Å². The predicted octanol–water partition coefficient (Wildman–Crippen LogP) is 1.99. The molecule has 0 unspecified atom stereocenters. The smallest absolute Gasteiger partial charge is 0.253 e. The van der Waals surface area contributed by atoms with Gasteiger partial charge in [0.1, 0.15) is 5.82 Å². The number of carbonyl (C=O) groups is 1. The second kappa shape index (κ2) is 7.19. The van der Waals surface area contributed by atoms with Crippen LogP contribution >= 0.6 is 0 Å². The third kappa shape index (κ3) is 3.84. The Hall–Kier alpha value is -2.47. The zero-order valence-electron chi connectivity index (χ0n) is 12.7. The van der Waals surface area contributed by atoms with Crippen molar-refractivity contribution in [2.75, 3.05) is 31.2 Å². The molecule has 120 valence electrons. The SMILES string of the molecule is O=C(NCc1ccccc1F)c1cncc(N2CCOCC2)c1. The highest BCUT2D eigenvalue weighted by Crippen LogP contribution is 2.16. The highest BCUT2D eigenvalue weighted by Gasteiger charge is 2.14. The molecule has 5 nitrogen and oxygen atoms in total. The molecule has 0 aliphatic carbocycles. The molecule has 1 aliphatic rings. The van der Waals surface area contributed by atoms with Gasteiger partial charge in [-0.1, -0.05) is 18.2 Å². The second-order valence-corrected chi connectivity index (χ2v) is 5.31. The fourth-order valence-corrected chi connectivity index (χ4v) is 2.47. The van der Waals surface area contributed by atoms with Crippen molar-refractivity contribution in [2.24, 2.45) is 0 Å². The number of rotatable bonds is 4. The molecule has 0 bridgehead atoms. The van der Waals surface area contributed by atoms with Crippen molar-refractivity contribution in [3.8, 4) is 0 Å². The summed E-state index contributed by atoms with van der Waals surface area (Å²) in [6.45, 7) is 3.05. The van der Waals surface area contributed by atoms with E-state index in [1.807, 2.05) is 0 Å². The van der Waals surface area contributed by atoms with Gasteiger partial charge in [-0.05, 0) is 12.1 Å². The predicted molar refractivity (Wildman–Crippen MR) is 84.8 cm³/mol. The van der Waals surface area contributed by atoms with E-state index in [0.717, 1.165) is 18.8 Å². The molecule has 3 rings (SSSR count). The minimum atomic E-state index is -0.326. The van der Waals surface area contributed by atoms with Gasteiger partial charge in [-0.15, -0.1) is 0 Å². The first-order chi connectivity index (χ1) is 11.2. The lowest BCUT2D eigenvalue weighted by Gasteiger charge is -2.28. The zero-order valence-corrected chi connectivity index (χ0v) is 12.7. The van der Waals surface area contributed by atoms with Crippen molar-refractivity contribution >= 4 is 11.6 Å². The zero-order chi connectivity index (χ0) is 16.1. The molecule has 1 fully saturated rings. The summed E-state index contributed by atoms with van der Waals surface area (Å²) >= 11 is 0. The largest absolute Gasteiger partial charge is 0.378 e. The minimum Gasteiger partial charge on any atom is -0.378 e. The van der Waals surface area contributed by atoms with Gasteiger partial charge in [0.15, 0.2) is 0 Å². The van der Waals surface area contributed by atoms with Crippen LogP contribution in [0.4, 0.5) is 10.1 Å². The third-order valence-electron chi connectivity index (χ3n) is 3.76. The number of anilines is 1. The molecule has 0 radical (unpaired) electrons. The first kappa shape index (κ1) is 15.4. The number of aromatic nitrogens is 1. The highest BCUT2D eigenvalue weighted by molar-refractivity contribution is 5.94. The summed E-state index contributed by atoms with van der Waals surface area (Å²) in [5.74, 6) is -0.594. The van der Waals surface area contributed by atoms with E-state index in [0.29, 0.717) is 24.3 Å². The van der Waals surface area contributed by atoms with Crippen molar-refractivity contribution in [2.45, 2.75) is 6.54 Å². The number of hydrogen-bond donors (Lipinski definition) is 1. The number of benzene rings is 1. The number of ether oxygens (including phenoxy) is 1. The lowest BCUT2D eigenvalue weighted by Crippen LogP contribution is -2.36. The van der Waals surface area contributed by atoms with Gasteiger partial charge in [0.2, 0.25) is 0 Å². The standard InChI is InChI=1S/C17H18FN3O2/c18-16-4-2-1-3-13(16)11-20-17(22)14-9-15(12-19-10-14)21-5-7-23-8-6-21/h1-4,9-10,12H,5-8,11H2,(H,20,22). The number of hydrogen-bond acceptors (Lipinski definition) is 4. The molecule has 1 aromatic heterocycles. The average Bonchev–Trinajstić information content (AvgIpc) is 2.62. The van der Waals surface area contributed by atoms with E-state index in [9.17, 15) is 9.18 Å². The monoisotopic (exact) mass is 315 g/mol. The Morgan fingerprint density at radius 1 is 1.26 bits per heavy atom.